The van der Waals surface area contributed by atoms with Crippen molar-refractivity contribution in [3.8, 4) is 0 Å². The van der Waals surface area contributed by atoms with E-state index in [9.17, 15) is 9.90 Å². The van der Waals surface area contributed by atoms with Crippen LogP contribution in [-0.2, 0) is 0 Å². The Balaban J connectivity index is 2.42. The molecule has 0 aliphatic carbocycles. The molecule has 1 rings (SSSR count). The van der Waals surface area contributed by atoms with Crippen LogP contribution in [0.25, 0.3) is 0 Å². The van der Waals surface area contributed by atoms with Crippen molar-refractivity contribution >= 4 is 17.2 Å². The Morgan fingerprint density at radius 3 is 2.88 bits per heavy atom. The Kier molecular flexibility index (Phi) is 4.44. The number of aromatic nitrogens is 1. The number of aliphatic hydroxyl groups excluding tert-OH is 1. The van der Waals surface area contributed by atoms with Gasteiger partial charge < -0.3 is 10.4 Å². The van der Waals surface area contributed by atoms with E-state index in [4.69, 9.17) is 0 Å². The summed E-state index contributed by atoms with van der Waals surface area (Å²) in [5.74, 6) is -0.153. The lowest BCUT2D eigenvalue weighted by atomic mass is 9.87. The summed E-state index contributed by atoms with van der Waals surface area (Å²) in [5.41, 5.74) is 1.98. The van der Waals surface area contributed by atoms with Gasteiger partial charge in [0.1, 0.15) is 5.69 Å². The molecule has 0 fully saturated rings. The molecule has 4 nitrogen and oxygen atoms in total. The molecule has 1 heterocycles. The van der Waals surface area contributed by atoms with E-state index in [1.54, 1.807) is 17.8 Å². The highest BCUT2D eigenvalue weighted by atomic mass is 32.1. The summed E-state index contributed by atoms with van der Waals surface area (Å²) < 4.78 is 0. The minimum absolute atomic E-state index is 0.111. The van der Waals surface area contributed by atoms with E-state index in [0.717, 1.165) is 0 Å². The van der Waals surface area contributed by atoms with Crippen molar-refractivity contribution in [1.29, 1.82) is 0 Å². The lowest BCUT2D eigenvalue weighted by Gasteiger charge is -2.26. The number of thiazole rings is 1. The van der Waals surface area contributed by atoms with Crippen LogP contribution in [0.1, 0.15) is 37.7 Å². The lowest BCUT2D eigenvalue weighted by molar-refractivity contribution is 0.0898. The normalized spacial score (nSPS) is 13.5. The van der Waals surface area contributed by atoms with Gasteiger partial charge in [-0.2, -0.15) is 0 Å². The van der Waals surface area contributed by atoms with E-state index in [-0.39, 0.29) is 17.4 Å². The van der Waals surface area contributed by atoms with Crippen LogP contribution in [0.15, 0.2) is 10.9 Å². The smallest absolute Gasteiger partial charge is 0.270 e. The number of carbonyl (C=O) groups is 1. The first kappa shape index (κ1) is 13.1. The number of amides is 1. The summed E-state index contributed by atoms with van der Waals surface area (Å²) in [6, 6.07) is 0. The number of rotatable bonds is 5. The molecule has 5 heteroatoms. The van der Waals surface area contributed by atoms with Crippen molar-refractivity contribution < 1.29 is 9.90 Å². The second-order valence-corrected chi connectivity index (χ2v) is 5.49. The first-order valence-electron chi connectivity index (χ1n) is 5.25. The van der Waals surface area contributed by atoms with E-state index in [2.05, 4.69) is 10.3 Å². The zero-order valence-corrected chi connectivity index (χ0v) is 10.7. The molecule has 1 amide bonds. The Morgan fingerprint density at radius 1 is 1.69 bits per heavy atom. The first-order valence-corrected chi connectivity index (χ1v) is 6.19. The zero-order valence-electron chi connectivity index (χ0n) is 9.86. The number of carbonyl (C=O) groups excluding carboxylic acids is 1. The number of hydrogen-bond acceptors (Lipinski definition) is 4. The Morgan fingerprint density at radius 2 is 2.38 bits per heavy atom. The molecule has 0 saturated carbocycles. The fourth-order valence-corrected chi connectivity index (χ4v) is 2.14. The molecule has 0 aliphatic rings. The van der Waals surface area contributed by atoms with Crippen LogP contribution in [-0.4, -0.2) is 28.6 Å². The molecule has 16 heavy (non-hydrogen) atoms. The average molecular weight is 242 g/mol. The molecule has 1 unspecified atom stereocenters. The summed E-state index contributed by atoms with van der Waals surface area (Å²) in [6.07, 6.45) is 0.302. The summed E-state index contributed by atoms with van der Waals surface area (Å²) in [7, 11) is 0. The highest BCUT2D eigenvalue weighted by Crippen LogP contribution is 2.21. The van der Waals surface area contributed by atoms with Gasteiger partial charge in [-0.05, 0) is 18.8 Å². The number of nitrogens with one attached hydrogen (secondary N) is 1. The van der Waals surface area contributed by atoms with Gasteiger partial charge in [-0.15, -0.1) is 11.3 Å². The van der Waals surface area contributed by atoms with Gasteiger partial charge in [0.25, 0.3) is 5.91 Å². The standard InChI is InChI=1S/C11H18N2O2S/c1-8(14)4-11(2,3)6-12-10(15)9-5-16-7-13-9/h5,7-8,14H,4,6H2,1-3H3,(H,12,15). The van der Waals surface area contributed by atoms with Crippen LogP contribution in [0.5, 0.6) is 0 Å². The Hall–Kier alpha value is -0.940. The molecule has 90 valence electrons. The maximum absolute atomic E-state index is 11.6. The van der Waals surface area contributed by atoms with Gasteiger partial charge in [-0.1, -0.05) is 13.8 Å². The molecule has 0 saturated heterocycles. The molecule has 1 aromatic heterocycles. The fraction of sp³-hybridized carbons (Fsp3) is 0.636. The van der Waals surface area contributed by atoms with Gasteiger partial charge in [0.15, 0.2) is 0 Å². The van der Waals surface area contributed by atoms with Crippen LogP contribution in [0.3, 0.4) is 0 Å². The van der Waals surface area contributed by atoms with Crippen molar-refractivity contribution in [3.05, 3.63) is 16.6 Å². The molecule has 0 bridgehead atoms. The molecule has 1 aromatic rings. The number of hydrogen-bond donors (Lipinski definition) is 2. The zero-order chi connectivity index (χ0) is 12.2. The van der Waals surface area contributed by atoms with Crippen LogP contribution in [0, 0.1) is 5.41 Å². The van der Waals surface area contributed by atoms with E-state index in [1.165, 1.54) is 11.3 Å². The second kappa shape index (κ2) is 5.41. The molecule has 0 aliphatic heterocycles. The third-order valence-corrected chi connectivity index (χ3v) is 2.83. The third-order valence-electron chi connectivity index (χ3n) is 2.24. The summed E-state index contributed by atoms with van der Waals surface area (Å²) in [6.45, 7) is 6.32. The van der Waals surface area contributed by atoms with Gasteiger partial charge >= 0.3 is 0 Å². The first-order chi connectivity index (χ1) is 7.41. The van der Waals surface area contributed by atoms with Gasteiger partial charge in [-0.25, -0.2) is 4.98 Å². The van der Waals surface area contributed by atoms with Crippen LogP contribution in [0.4, 0.5) is 0 Å². The molecule has 1 atom stereocenters. The fourth-order valence-electron chi connectivity index (χ4n) is 1.61. The summed E-state index contributed by atoms with van der Waals surface area (Å²) >= 11 is 1.40. The third kappa shape index (κ3) is 4.28. The quantitative estimate of drug-likeness (QED) is 0.825. The Bertz CT molecular complexity index is 334. The van der Waals surface area contributed by atoms with Crippen LogP contribution >= 0.6 is 11.3 Å². The van der Waals surface area contributed by atoms with Gasteiger partial charge in [0.05, 0.1) is 11.6 Å². The predicted molar refractivity (Wildman–Crippen MR) is 64.5 cm³/mol. The van der Waals surface area contributed by atoms with E-state index < -0.39 is 0 Å². The van der Waals surface area contributed by atoms with Gasteiger partial charge in [0.2, 0.25) is 0 Å². The van der Waals surface area contributed by atoms with Crippen molar-refractivity contribution in [2.75, 3.05) is 6.54 Å². The maximum atomic E-state index is 11.6. The predicted octanol–water partition coefficient (Wildman–Crippen LogP) is 1.67. The largest absolute Gasteiger partial charge is 0.393 e. The lowest BCUT2D eigenvalue weighted by Crippen LogP contribution is -2.35. The molecule has 0 spiro atoms. The van der Waals surface area contributed by atoms with Gasteiger partial charge in [0, 0.05) is 11.9 Å². The SMILES string of the molecule is CC(O)CC(C)(C)CNC(=O)c1cscn1. The number of aliphatic hydroxyl groups is 1. The maximum Gasteiger partial charge on any atom is 0.270 e. The van der Waals surface area contributed by atoms with Crippen LogP contribution in [0.2, 0.25) is 0 Å². The van der Waals surface area contributed by atoms with Gasteiger partial charge in [-0.3, -0.25) is 4.79 Å². The molecule has 0 radical (unpaired) electrons. The van der Waals surface area contributed by atoms with Crippen LogP contribution < -0.4 is 5.32 Å². The minimum atomic E-state index is -0.355. The van der Waals surface area contributed by atoms with Crippen molar-refractivity contribution in [2.24, 2.45) is 5.41 Å². The molecular weight excluding hydrogens is 224 g/mol. The molecule has 0 aromatic carbocycles. The topological polar surface area (TPSA) is 62.2 Å². The number of nitrogens with zero attached hydrogens (tertiary/aromatic N) is 1. The Labute approximate surface area is 99.7 Å². The molecule has 2 N–H and O–H groups in total. The summed E-state index contributed by atoms with van der Waals surface area (Å²) in [4.78, 5) is 15.5. The second-order valence-electron chi connectivity index (χ2n) is 4.77. The molecular formula is C11H18N2O2S. The minimum Gasteiger partial charge on any atom is -0.393 e. The van der Waals surface area contributed by atoms with Crippen molar-refractivity contribution in [1.82, 2.24) is 10.3 Å². The summed E-state index contributed by atoms with van der Waals surface area (Å²) in [5, 5.41) is 13.9. The van der Waals surface area contributed by atoms with E-state index in [0.29, 0.717) is 18.7 Å². The highest BCUT2D eigenvalue weighted by molar-refractivity contribution is 7.07. The van der Waals surface area contributed by atoms with Crippen molar-refractivity contribution in [2.45, 2.75) is 33.3 Å². The average Bonchev–Trinajstić information content (AvgIpc) is 2.64. The van der Waals surface area contributed by atoms with Crippen molar-refractivity contribution in [3.63, 3.8) is 0 Å². The highest BCUT2D eigenvalue weighted by Gasteiger charge is 2.21. The van der Waals surface area contributed by atoms with E-state index >= 15 is 0 Å². The van der Waals surface area contributed by atoms with E-state index in [1.807, 2.05) is 13.8 Å². The monoisotopic (exact) mass is 242 g/mol.